The summed E-state index contributed by atoms with van der Waals surface area (Å²) in [5.74, 6) is 1.47. The molecule has 1 aromatic heterocycles. The highest BCUT2D eigenvalue weighted by molar-refractivity contribution is 7.12. The van der Waals surface area contributed by atoms with E-state index in [1.165, 1.54) is 5.01 Å². The number of rotatable bonds is 3. The molecular formula is C15H12N2O3S. The molecule has 1 unspecified atom stereocenters. The molecule has 2 aromatic rings. The second kappa shape index (κ2) is 4.89. The summed E-state index contributed by atoms with van der Waals surface area (Å²) in [6.45, 7) is 0.248. The molecule has 1 atom stereocenters. The number of hydrogen-bond acceptors (Lipinski definition) is 5. The van der Waals surface area contributed by atoms with E-state index < -0.39 is 0 Å². The average Bonchev–Trinajstić information content (AvgIpc) is 3.24. The van der Waals surface area contributed by atoms with E-state index >= 15 is 0 Å². The lowest BCUT2D eigenvalue weighted by Crippen LogP contribution is -2.17. The first-order chi connectivity index (χ1) is 10.3. The molecule has 21 heavy (non-hydrogen) atoms. The van der Waals surface area contributed by atoms with Gasteiger partial charge in [-0.05, 0) is 29.1 Å². The first kappa shape index (κ1) is 12.4. The normalized spacial score (nSPS) is 19.7. The molecule has 0 saturated heterocycles. The molecular weight excluding hydrogens is 288 g/mol. The number of benzene rings is 1. The van der Waals surface area contributed by atoms with Crippen LogP contribution in [0.15, 0.2) is 40.8 Å². The van der Waals surface area contributed by atoms with Crippen molar-refractivity contribution in [1.82, 2.24) is 5.01 Å². The SMILES string of the molecule is O=CN1N=C(c2cccs2)CC1c1ccc2c(c1)OCO2. The first-order valence-electron chi connectivity index (χ1n) is 6.59. The molecule has 0 spiro atoms. The summed E-state index contributed by atoms with van der Waals surface area (Å²) in [6.07, 6.45) is 1.48. The van der Waals surface area contributed by atoms with Gasteiger partial charge in [-0.1, -0.05) is 12.1 Å². The Morgan fingerprint density at radius 3 is 3.00 bits per heavy atom. The Kier molecular flexibility index (Phi) is 2.89. The molecule has 6 heteroatoms. The van der Waals surface area contributed by atoms with Gasteiger partial charge in [-0.3, -0.25) is 4.79 Å². The largest absolute Gasteiger partial charge is 0.454 e. The number of hydrazone groups is 1. The van der Waals surface area contributed by atoms with E-state index in [1.54, 1.807) is 11.3 Å². The summed E-state index contributed by atoms with van der Waals surface area (Å²) in [6, 6.07) is 9.69. The van der Waals surface area contributed by atoms with Crippen molar-refractivity contribution in [2.45, 2.75) is 12.5 Å². The van der Waals surface area contributed by atoms with Gasteiger partial charge in [0.1, 0.15) is 0 Å². The van der Waals surface area contributed by atoms with Crippen LogP contribution in [0.3, 0.4) is 0 Å². The number of carbonyl (C=O) groups excluding carboxylic acids is 1. The van der Waals surface area contributed by atoms with Gasteiger partial charge >= 0.3 is 0 Å². The maximum atomic E-state index is 11.3. The van der Waals surface area contributed by atoms with Crippen LogP contribution < -0.4 is 9.47 Å². The van der Waals surface area contributed by atoms with Crippen LogP contribution in [0.25, 0.3) is 0 Å². The Balaban J connectivity index is 1.65. The fourth-order valence-corrected chi connectivity index (χ4v) is 3.33. The molecule has 5 nitrogen and oxygen atoms in total. The molecule has 4 rings (SSSR count). The van der Waals surface area contributed by atoms with E-state index in [0.29, 0.717) is 6.42 Å². The van der Waals surface area contributed by atoms with Crippen molar-refractivity contribution in [3.8, 4) is 11.5 Å². The van der Waals surface area contributed by atoms with Gasteiger partial charge in [0, 0.05) is 6.42 Å². The molecule has 1 aromatic carbocycles. The third-order valence-electron chi connectivity index (χ3n) is 3.64. The molecule has 2 aliphatic heterocycles. The van der Waals surface area contributed by atoms with Crippen LogP contribution in [0.4, 0.5) is 0 Å². The Bertz CT molecular complexity index is 712. The Hall–Kier alpha value is -2.34. The van der Waals surface area contributed by atoms with Crippen LogP contribution in [0.1, 0.15) is 22.9 Å². The second-order valence-corrected chi connectivity index (χ2v) is 5.79. The highest BCUT2D eigenvalue weighted by atomic mass is 32.1. The quantitative estimate of drug-likeness (QED) is 0.819. The van der Waals surface area contributed by atoms with Crippen LogP contribution in [0.2, 0.25) is 0 Å². The van der Waals surface area contributed by atoms with Crippen LogP contribution >= 0.6 is 11.3 Å². The van der Waals surface area contributed by atoms with Crippen molar-refractivity contribution in [1.29, 1.82) is 0 Å². The Morgan fingerprint density at radius 2 is 2.19 bits per heavy atom. The molecule has 0 radical (unpaired) electrons. The summed E-state index contributed by atoms with van der Waals surface area (Å²) >= 11 is 1.63. The molecule has 3 heterocycles. The summed E-state index contributed by atoms with van der Waals surface area (Å²) in [7, 11) is 0. The van der Waals surface area contributed by atoms with Crippen LogP contribution in [-0.4, -0.2) is 23.9 Å². The van der Waals surface area contributed by atoms with Crippen molar-refractivity contribution < 1.29 is 14.3 Å². The van der Waals surface area contributed by atoms with Crippen LogP contribution in [-0.2, 0) is 4.79 Å². The van der Waals surface area contributed by atoms with E-state index in [-0.39, 0.29) is 12.8 Å². The highest BCUT2D eigenvalue weighted by Gasteiger charge is 2.30. The topological polar surface area (TPSA) is 51.1 Å². The number of ether oxygens (including phenoxy) is 2. The summed E-state index contributed by atoms with van der Waals surface area (Å²) in [5, 5.41) is 7.91. The highest BCUT2D eigenvalue weighted by Crippen LogP contribution is 2.38. The predicted molar refractivity (Wildman–Crippen MR) is 78.7 cm³/mol. The lowest BCUT2D eigenvalue weighted by atomic mass is 10.0. The molecule has 2 aliphatic rings. The fraction of sp³-hybridized carbons (Fsp3) is 0.200. The standard InChI is InChI=1S/C15H12N2O3S/c18-8-17-12(7-11(16-17)15-2-1-5-21-15)10-3-4-13-14(6-10)20-9-19-13/h1-6,8,12H,7,9H2. The zero-order valence-electron chi connectivity index (χ0n) is 11.1. The zero-order valence-corrected chi connectivity index (χ0v) is 11.9. The number of carbonyl (C=O) groups is 1. The number of hydrogen-bond donors (Lipinski definition) is 0. The van der Waals surface area contributed by atoms with Gasteiger partial charge in [0.25, 0.3) is 0 Å². The maximum Gasteiger partial charge on any atom is 0.231 e. The fourth-order valence-electron chi connectivity index (χ4n) is 2.61. The van der Waals surface area contributed by atoms with Crippen molar-refractivity contribution in [3.63, 3.8) is 0 Å². The Labute approximate surface area is 125 Å². The zero-order chi connectivity index (χ0) is 14.2. The van der Waals surface area contributed by atoms with Crippen molar-refractivity contribution >= 4 is 23.5 Å². The van der Waals surface area contributed by atoms with Gasteiger partial charge in [-0.25, -0.2) is 5.01 Å². The molecule has 0 bridgehead atoms. The minimum atomic E-state index is -0.0888. The minimum absolute atomic E-state index is 0.0888. The summed E-state index contributed by atoms with van der Waals surface area (Å²) < 4.78 is 10.7. The number of amides is 1. The van der Waals surface area contributed by atoms with Gasteiger partial charge in [-0.15, -0.1) is 11.3 Å². The van der Waals surface area contributed by atoms with Crippen LogP contribution in [0, 0.1) is 0 Å². The van der Waals surface area contributed by atoms with E-state index in [1.807, 2.05) is 35.7 Å². The third kappa shape index (κ3) is 2.08. The van der Waals surface area contributed by atoms with E-state index in [4.69, 9.17) is 9.47 Å². The molecule has 0 saturated carbocycles. The monoisotopic (exact) mass is 300 g/mol. The van der Waals surface area contributed by atoms with Crippen molar-refractivity contribution in [3.05, 3.63) is 46.2 Å². The van der Waals surface area contributed by atoms with Crippen LogP contribution in [0.5, 0.6) is 11.5 Å². The average molecular weight is 300 g/mol. The smallest absolute Gasteiger partial charge is 0.231 e. The lowest BCUT2D eigenvalue weighted by molar-refractivity contribution is -0.119. The molecule has 0 fully saturated rings. The number of fused-ring (bicyclic) bond motifs is 1. The third-order valence-corrected chi connectivity index (χ3v) is 4.56. The second-order valence-electron chi connectivity index (χ2n) is 4.84. The molecule has 1 amide bonds. The van der Waals surface area contributed by atoms with Gasteiger partial charge < -0.3 is 9.47 Å². The van der Waals surface area contributed by atoms with Crippen molar-refractivity contribution in [2.75, 3.05) is 6.79 Å². The Morgan fingerprint density at radius 1 is 1.29 bits per heavy atom. The number of thiophene rings is 1. The number of nitrogens with zero attached hydrogens (tertiary/aromatic N) is 2. The summed E-state index contributed by atoms with van der Waals surface area (Å²) in [4.78, 5) is 12.4. The van der Waals surface area contributed by atoms with Gasteiger partial charge in [0.05, 0.1) is 16.6 Å². The first-order valence-corrected chi connectivity index (χ1v) is 7.47. The molecule has 0 aliphatic carbocycles. The van der Waals surface area contributed by atoms with E-state index in [9.17, 15) is 4.79 Å². The van der Waals surface area contributed by atoms with E-state index in [0.717, 1.165) is 34.1 Å². The van der Waals surface area contributed by atoms with E-state index in [2.05, 4.69) is 5.10 Å². The van der Waals surface area contributed by atoms with Gasteiger partial charge in [0.15, 0.2) is 11.5 Å². The molecule has 0 N–H and O–H groups in total. The maximum absolute atomic E-state index is 11.3. The molecule has 106 valence electrons. The van der Waals surface area contributed by atoms with Crippen molar-refractivity contribution in [2.24, 2.45) is 5.10 Å². The summed E-state index contributed by atoms with van der Waals surface area (Å²) in [5.41, 5.74) is 1.95. The van der Waals surface area contributed by atoms with Gasteiger partial charge in [-0.2, -0.15) is 5.10 Å². The lowest BCUT2D eigenvalue weighted by Gasteiger charge is -2.17. The minimum Gasteiger partial charge on any atom is -0.454 e. The predicted octanol–water partition coefficient (Wildman–Crippen LogP) is 2.78. The van der Waals surface area contributed by atoms with Gasteiger partial charge in [0.2, 0.25) is 13.2 Å².